The summed E-state index contributed by atoms with van der Waals surface area (Å²) in [6.45, 7) is 0. The summed E-state index contributed by atoms with van der Waals surface area (Å²) in [5, 5.41) is 2.56. The van der Waals surface area contributed by atoms with Crippen molar-refractivity contribution < 1.29 is 18.1 Å². The summed E-state index contributed by atoms with van der Waals surface area (Å²) < 4.78 is 15.6. The first-order valence-electron chi connectivity index (χ1n) is 4.50. The smallest absolute Gasteiger partial charge is 0.377 e. The standard InChI is InChI=1S/C8H19NO4Si/c1-9-8(10)6-5-7-14(11-2,12-3)13-4/h5-7H2,1-4H3,(H,9,10). The van der Waals surface area contributed by atoms with Crippen molar-refractivity contribution in [1.29, 1.82) is 0 Å². The number of hydrogen-bond donors (Lipinski definition) is 1. The minimum Gasteiger partial charge on any atom is -0.377 e. The van der Waals surface area contributed by atoms with Gasteiger partial charge in [-0.05, 0) is 6.42 Å². The number of amides is 1. The van der Waals surface area contributed by atoms with E-state index in [0.717, 1.165) is 0 Å². The SMILES string of the molecule is CNC(=O)CCC[Si](OC)(OC)OC. The predicted molar refractivity (Wildman–Crippen MR) is 54.9 cm³/mol. The number of rotatable bonds is 7. The Kier molecular flexibility index (Phi) is 6.72. The van der Waals surface area contributed by atoms with E-state index in [1.54, 1.807) is 28.4 Å². The number of hydrogen-bond acceptors (Lipinski definition) is 4. The molecule has 0 aromatic carbocycles. The fraction of sp³-hybridized carbons (Fsp3) is 0.875. The summed E-state index contributed by atoms with van der Waals surface area (Å²) in [5.74, 6) is 0.0243. The highest BCUT2D eigenvalue weighted by atomic mass is 28.4. The van der Waals surface area contributed by atoms with Gasteiger partial charge in [0.25, 0.3) is 0 Å². The van der Waals surface area contributed by atoms with E-state index in [1.165, 1.54) is 0 Å². The Morgan fingerprint density at radius 3 is 2.07 bits per heavy atom. The van der Waals surface area contributed by atoms with Crippen LogP contribution in [-0.4, -0.2) is 43.1 Å². The van der Waals surface area contributed by atoms with Crippen molar-refractivity contribution in [2.24, 2.45) is 0 Å². The third kappa shape index (κ3) is 4.19. The first-order chi connectivity index (χ1) is 6.64. The van der Waals surface area contributed by atoms with Gasteiger partial charge in [-0.1, -0.05) is 0 Å². The maximum Gasteiger partial charge on any atom is 0.500 e. The van der Waals surface area contributed by atoms with E-state index >= 15 is 0 Å². The van der Waals surface area contributed by atoms with Gasteiger partial charge in [0.2, 0.25) is 5.91 Å². The molecule has 0 aliphatic heterocycles. The van der Waals surface area contributed by atoms with Crippen LogP contribution in [0.15, 0.2) is 0 Å². The highest BCUT2D eigenvalue weighted by Gasteiger charge is 2.36. The molecule has 0 radical (unpaired) electrons. The van der Waals surface area contributed by atoms with E-state index in [4.69, 9.17) is 13.3 Å². The van der Waals surface area contributed by atoms with E-state index in [2.05, 4.69) is 5.32 Å². The van der Waals surface area contributed by atoms with Crippen LogP contribution < -0.4 is 5.32 Å². The van der Waals surface area contributed by atoms with Gasteiger partial charge < -0.3 is 18.6 Å². The van der Waals surface area contributed by atoms with Crippen molar-refractivity contribution in [3.63, 3.8) is 0 Å². The molecule has 0 heterocycles. The first-order valence-corrected chi connectivity index (χ1v) is 6.43. The van der Waals surface area contributed by atoms with Crippen LogP contribution in [0.2, 0.25) is 6.04 Å². The average Bonchev–Trinajstić information content (AvgIpc) is 2.25. The molecule has 0 aromatic rings. The van der Waals surface area contributed by atoms with Gasteiger partial charge >= 0.3 is 8.80 Å². The minimum atomic E-state index is -2.48. The molecule has 0 rings (SSSR count). The summed E-state index contributed by atoms with van der Waals surface area (Å²) >= 11 is 0. The summed E-state index contributed by atoms with van der Waals surface area (Å²) in [5.41, 5.74) is 0. The highest BCUT2D eigenvalue weighted by molar-refractivity contribution is 6.60. The van der Waals surface area contributed by atoms with Crippen LogP contribution in [0.5, 0.6) is 0 Å². The molecular formula is C8H19NO4Si. The normalized spacial score (nSPS) is 11.4. The van der Waals surface area contributed by atoms with E-state index in [0.29, 0.717) is 18.9 Å². The number of carbonyl (C=O) groups is 1. The summed E-state index contributed by atoms with van der Waals surface area (Å²) in [6.07, 6.45) is 1.18. The molecule has 1 amide bonds. The largest absolute Gasteiger partial charge is 0.500 e. The fourth-order valence-corrected chi connectivity index (χ4v) is 2.87. The molecule has 14 heavy (non-hydrogen) atoms. The molecule has 0 aliphatic carbocycles. The lowest BCUT2D eigenvalue weighted by Crippen LogP contribution is -2.42. The van der Waals surface area contributed by atoms with Crippen molar-refractivity contribution in [1.82, 2.24) is 5.32 Å². The first kappa shape index (κ1) is 13.6. The van der Waals surface area contributed by atoms with E-state index in [9.17, 15) is 4.79 Å². The molecule has 0 atom stereocenters. The van der Waals surface area contributed by atoms with E-state index < -0.39 is 8.80 Å². The van der Waals surface area contributed by atoms with Crippen molar-refractivity contribution in [3.8, 4) is 0 Å². The van der Waals surface area contributed by atoms with Gasteiger partial charge in [0.1, 0.15) is 0 Å². The zero-order valence-electron chi connectivity index (χ0n) is 9.25. The van der Waals surface area contributed by atoms with Gasteiger partial charge in [-0.25, -0.2) is 0 Å². The molecule has 0 spiro atoms. The van der Waals surface area contributed by atoms with Gasteiger partial charge in [-0.2, -0.15) is 0 Å². The van der Waals surface area contributed by atoms with Crippen LogP contribution in [-0.2, 0) is 18.1 Å². The molecule has 6 heteroatoms. The van der Waals surface area contributed by atoms with Crippen molar-refractivity contribution in [2.75, 3.05) is 28.4 Å². The number of nitrogens with one attached hydrogen (secondary N) is 1. The van der Waals surface area contributed by atoms with Gasteiger partial charge in [-0.15, -0.1) is 0 Å². The molecule has 0 aromatic heterocycles. The third-order valence-corrected chi connectivity index (χ3v) is 4.93. The van der Waals surface area contributed by atoms with Gasteiger partial charge in [-0.3, -0.25) is 4.79 Å². The zero-order valence-corrected chi connectivity index (χ0v) is 10.3. The van der Waals surface area contributed by atoms with Crippen LogP contribution in [0, 0.1) is 0 Å². The van der Waals surface area contributed by atoms with Crippen molar-refractivity contribution in [3.05, 3.63) is 0 Å². The fourth-order valence-electron chi connectivity index (χ4n) is 1.15. The second kappa shape index (κ2) is 6.94. The molecule has 0 saturated heterocycles. The Morgan fingerprint density at radius 1 is 1.21 bits per heavy atom. The zero-order chi connectivity index (χ0) is 11.0. The lowest BCUT2D eigenvalue weighted by Gasteiger charge is -2.23. The lowest BCUT2D eigenvalue weighted by atomic mass is 10.3. The van der Waals surface area contributed by atoms with Crippen molar-refractivity contribution >= 4 is 14.7 Å². The summed E-state index contributed by atoms with van der Waals surface area (Å²) in [7, 11) is 3.85. The van der Waals surface area contributed by atoms with E-state index in [-0.39, 0.29) is 5.91 Å². The molecule has 0 bridgehead atoms. The van der Waals surface area contributed by atoms with Gasteiger partial charge in [0, 0.05) is 40.8 Å². The Hall–Kier alpha value is -0.433. The topological polar surface area (TPSA) is 56.8 Å². The van der Waals surface area contributed by atoms with Crippen LogP contribution in [0.25, 0.3) is 0 Å². The summed E-state index contributed by atoms with van der Waals surface area (Å²) in [6, 6.07) is 0.657. The molecule has 5 nitrogen and oxygen atoms in total. The maximum atomic E-state index is 10.9. The monoisotopic (exact) mass is 221 g/mol. The molecule has 1 N–H and O–H groups in total. The Balaban J connectivity index is 3.88. The van der Waals surface area contributed by atoms with Crippen LogP contribution >= 0.6 is 0 Å². The molecule has 0 fully saturated rings. The Labute approximate surface area is 86.1 Å². The van der Waals surface area contributed by atoms with Crippen molar-refractivity contribution in [2.45, 2.75) is 18.9 Å². The molecular weight excluding hydrogens is 202 g/mol. The molecule has 0 unspecified atom stereocenters. The Bertz CT molecular complexity index is 164. The maximum absolute atomic E-state index is 10.9. The highest BCUT2D eigenvalue weighted by Crippen LogP contribution is 2.15. The molecule has 0 aliphatic rings. The number of carbonyl (C=O) groups excluding carboxylic acids is 1. The lowest BCUT2D eigenvalue weighted by molar-refractivity contribution is -0.120. The van der Waals surface area contributed by atoms with Crippen LogP contribution in [0.3, 0.4) is 0 Å². The quantitative estimate of drug-likeness (QED) is 0.632. The Morgan fingerprint density at radius 2 is 1.71 bits per heavy atom. The van der Waals surface area contributed by atoms with Gasteiger partial charge in [0.15, 0.2) is 0 Å². The second-order valence-corrected chi connectivity index (χ2v) is 5.91. The molecule has 84 valence electrons. The van der Waals surface area contributed by atoms with Gasteiger partial charge in [0.05, 0.1) is 0 Å². The predicted octanol–water partition coefficient (Wildman–Crippen LogP) is 0.391. The second-order valence-electron chi connectivity index (χ2n) is 2.82. The molecule has 0 saturated carbocycles. The minimum absolute atomic E-state index is 0.0243. The average molecular weight is 221 g/mol. The van der Waals surface area contributed by atoms with E-state index in [1.807, 2.05) is 0 Å². The third-order valence-electron chi connectivity index (χ3n) is 2.10. The summed E-state index contributed by atoms with van der Waals surface area (Å²) in [4.78, 5) is 10.9. The van der Waals surface area contributed by atoms with Crippen LogP contribution in [0.1, 0.15) is 12.8 Å². The van der Waals surface area contributed by atoms with Crippen LogP contribution in [0.4, 0.5) is 0 Å².